The Hall–Kier alpha value is -1.62. The van der Waals surface area contributed by atoms with Crippen LogP contribution in [0.3, 0.4) is 0 Å². The lowest BCUT2D eigenvalue weighted by molar-refractivity contribution is 0.275. The second-order valence-corrected chi connectivity index (χ2v) is 5.90. The summed E-state index contributed by atoms with van der Waals surface area (Å²) in [5.74, 6) is 0.363. The van der Waals surface area contributed by atoms with Crippen LogP contribution in [0.4, 0.5) is 4.39 Å². The van der Waals surface area contributed by atoms with Crippen molar-refractivity contribution in [2.75, 3.05) is 7.05 Å². The monoisotopic (exact) mass is 323 g/mol. The first-order valence-corrected chi connectivity index (χ1v) is 8.46. The van der Waals surface area contributed by atoms with Gasteiger partial charge in [0.05, 0.1) is 6.61 Å². The van der Waals surface area contributed by atoms with Crippen LogP contribution < -0.4 is 10.6 Å². The van der Waals surface area contributed by atoms with Crippen LogP contribution in [0.25, 0.3) is 0 Å². The standard InChI is InChI=1S/C18H30FN3O/c1-4-5-6-7-8-14(2)22-18(20-3)21-12-15-9-10-17(19)16(11-15)13-23/h9-11,14,23H,4-8,12-13H2,1-3H3,(H2,20,21,22). The van der Waals surface area contributed by atoms with Gasteiger partial charge in [-0.1, -0.05) is 38.7 Å². The number of rotatable bonds is 9. The van der Waals surface area contributed by atoms with Gasteiger partial charge in [0, 0.05) is 25.2 Å². The number of nitrogens with one attached hydrogen (secondary N) is 2. The topological polar surface area (TPSA) is 56.7 Å². The summed E-state index contributed by atoms with van der Waals surface area (Å²) >= 11 is 0. The van der Waals surface area contributed by atoms with Gasteiger partial charge in [0.15, 0.2) is 5.96 Å². The van der Waals surface area contributed by atoms with Crippen LogP contribution in [0.1, 0.15) is 57.1 Å². The quantitative estimate of drug-likeness (QED) is 0.371. The number of benzene rings is 1. The van der Waals surface area contributed by atoms with Crippen LogP contribution in [0.2, 0.25) is 0 Å². The Morgan fingerprint density at radius 3 is 2.74 bits per heavy atom. The molecule has 0 aliphatic heterocycles. The molecule has 4 nitrogen and oxygen atoms in total. The SMILES string of the molecule is CCCCCCC(C)NC(=NC)NCc1ccc(F)c(CO)c1. The molecule has 0 aliphatic rings. The van der Waals surface area contributed by atoms with Crippen molar-refractivity contribution in [2.45, 2.75) is 65.1 Å². The summed E-state index contributed by atoms with van der Waals surface area (Å²) < 4.78 is 13.4. The highest BCUT2D eigenvalue weighted by Gasteiger charge is 2.06. The van der Waals surface area contributed by atoms with E-state index >= 15 is 0 Å². The molecule has 0 aliphatic carbocycles. The lowest BCUT2D eigenvalue weighted by atomic mass is 10.1. The average molecular weight is 323 g/mol. The lowest BCUT2D eigenvalue weighted by Gasteiger charge is -2.18. The van der Waals surface area contributed by atoms with Gasteiger partial charge in [0.1, 0.15) is 5.82 Å². The minimum absolute atomic E-state index is 0.290. The summed E-state index contributed by atoms with van der Waals surface area (Å²) in [5.41, 5.74) is 1.23. The van der Waals surface area contributed by atoms with Gasteiger partial charge >= 0.3 is 0 Å². The largest absolute Gasteiger partial charge is 0.392 e. The maximum Gasteiger partial charge on any atom is 0.191 e. The Kier molecular flexibility index (Phi) is 9.29. The molecule has 0 saturated heterocycles. The van der Waals surface area contributed by atoms with E-state index < -0.39 is 0 Å². The van der Waals surface area contributed by atoms with Crippen molar-refractivity contribution < 1.29 is 9.50 Å². The lowest BCUT2D eigenvalue weighted by Crippen LogP contribution is -2.41. The highest BCUT2D eigenvalue weighted by atomic mass is 19.1. The van der Waals surface area contributed by atoms with Crippen LogP contribution in [-0.2, 0) is 13.2 Å². The van der Waals surface area contributed by atoms with Crippen molar-refractivity contribution in [3.05, 3.63) is 35.1 Å². The molecule has 0 saturated carbocycles. The number of aliphatic hydroxyl groups excluding tert-OH is 1. The predicted octanol–water partition coefficient (Wildman–Crippen LogP) is 3.34. The molecule has 5 heteroatoms. The van der Waals surface area contributed by atoms with Gasteiger partial charge < -0.3 is 15.7 Å². The zero-order chi connectivity index (χ0) is 17.1. The first kappa shape index (κ1) is 19.4. The third-order valence-electron chi connectivity index (χ3n) is 3.84. The van der Waals surface area contributed by atoms with Gasteiger partial charge in [-0.3, -0.25) is 4.99 Å². The van der Waals surface area contributed by atoms with E-state index in [2.05, 4.69) is 29.5 Å². The number of hydrogen-bond donors (Lipinski definition) is 3. The maximum atomic E-state index is 13.4. The molecule has 1 aromatic rings. The molecule has 130 valence electrons. The second kappa shape index (κ2) is 11.0. The minimum atomic E-state index is -0.376. The Bertz CT molecular complexity index is 491. The maximum absolute atomic E-state index is 13.4. The molecule has 0 aromatic heterocycles. The van der Waals surface area contributed by atoms with Gasteiger partial charge in [-0.05, 0) is 31.0 Å². The second-order valence-electron chi connectivity index (χ2n) is 5.90. The number of unbranched alkanes of at least 4 members (excludes halogenated alkanes) is 3. The Morgan fingerprint density at radius 2 is 2.09 bits per heavy atom. The Balaban J connectivity index is 2.42. The fourth-order valence-electron chi connectivity index (χ4n) is 2.42. The minimum Gasteiger partial charge on any atom is -0.392 e. The van der Waals surface area contributed by atoms with E-state index in [4.69, 9.17) is 5.11 Å². The van der Waals surface area contributed by atoms with Crippen molar-refractivity contribution in [3.8, 4) is 0 Å². The molecule has 1 rings (SSSR count). The highest BCUT2D eigenvalue weighted by Crippen LogP contribution is 2.10. The molecule has 0 heterocycles. The van der Waals surface area contributed by atoms with E-state index in [0.717, 1.165) is 17.9 Å². The normalized spacial score (nSPS) is 13.0. The molecule has 0 fully saturated rings. The summed E-state index contributed by atoms with van der Waals surface area (Å²) in [6.07, 6.45) is 6.15. The summed E-state index contributed by atoms with van der Waals surface area (Å²) in [6.45, 7) is 4.61. The zero-order valence-corrected chi connectivity index (χ0v) is 14.5. The zero-order valence-electron chi connectivity index (χ0n) is 14.5. The molecule has 0 amide bonds. The van der Waals surface area contributed by atoms with E-state index in [0.29, 0.717) is 18.2 Å². The van der Waals surface area contributed by atoms with Gasteiger partial charge in [0.2, 0.25) is 0 Å². The smallest absolute Gasteiger partial charge is 0.191 e. The van der Waals surface area contributed by atoms with Crippen molar-refractivity contribution in [3.63, 3.8) is 0 Å². The first-order chi connectivity index (χ1) is 11.1. The van der Waals surface area contributed by atoms with Crippen molar-refractivity contribution >= 4 is 5.96 Å². The van der Waals surface area contributed by atoms with Gasteiger partial charge in [-0.15, -0.1) is 0 Å². The van der Waals surface area contributed by atoms with Crippen molar-refractivity contribution in [1.82, 2.24) is 10.6 Å². The highest BCUT2D eigenvalue weighted by molar-refractivity contribution is 5.79. The molecule has 0 radical (unpaired) electrons. The average Bonchev–Trinajstić information content (AvgIpc) is 2.56. The third kappa shape index (κ3) is 7.46. The molecule has 1 atom stereocenters. The molecule has 3 N–H and O–H groups in total. The molecular formula is C18H30FN3O. The number of nitrogens with zero attached hydrogens (tertiary/aromatic N) is 1. The van der Waals surface area contributed by atoms with Crippen LogP contribution in [0.5, 0.6) is 0 Å². The predicted molar refractivity (Wildman–Crippen MR) is 93.9 cm³/mol. The molecule has 1 aromatic carbocycles. The first-order valence-electron chi connectivity index (χ1n) is 8.46. The summed E-state index contributed by atoms with van der Waals surface area (Å²) in [7, 11) is 1.74. The molecule has 0 spiro atoms. The van der Waals surface area contributed by atoms with Crippen molar-refractivity contribution in [2.24, 2.45) is 4.99 Å². The summed E-state index contributed by atoms with van der Waals surface area (Å²) in [5, 5.41) is 15.7. The fourth-order valence-corrected chi connectivity index (χ4v) is 2.42. The van der Waals surface area contributed by atoms with E-state index in [1.165, 1.54) is 31.7 Å². The molecule has 0 bridgehead atoms. The van der Waals surface area contributed by atoms with E-state index in [1.54, 1.807) is 19.2 Å². The van der Waals surface area contributed by atoms with Crippen LogP contribution >= 0.6 is 0 Å². The third-order valence-corrected chi connectivity index (χ3v) is 3.84. The van der Waals surface area contributed by atoms with E-state index in [-0.39, 0.29) is 12.4 Å². The molecule has 23 heavy (non-hydrogen) atoms. The van der Waals surface area contributed by atoms with Gasteiger partial charge in [-0.25, -0.2) is 4.39 Å². The fraction of sp³-hybridized carbons (Fsp3) is 0.611. The molecular weight excluding hydrogens is 293 g/mol. The summed E-state index contributed by atoms with van der Waals surface area (Å²) in [6, 6.07) is 5.13. The number of aliphatic hydroxyl groups is 1. The Labute approximate surface area is 139 Å². The number of guanidine groups is 1. The van der Waals surface area contributed by atoms with Gasteiger partial charge in [0.25, 0.3) is 0 Å². The van der Waals surface area contributed by atoms with Crippen LogP contribution in [0, 0.1) is 5.82 Å². The number of aliphatic imine (C=N–C) groups is 1. The Morgan fingerprint density at radius 1 is 1.30 bits per heavy atom. The van der Waals surface area contributed by atoms with Crippen molar-refractivity contribution in [1.29, 1.82) is 0 Å². The number of halogens is 1. The number of hydrogen-bond acceptors (Lipinski definition) is 2. The molecule has 1 unspecified atom stereocenters. The van der Waals surface area contributed by atoms with Crippen LogP contribution in [0.15, 0.2) is 23.2 Å². The van der Waals surface area contributed by atoms with Gasteiger partial charge in [-0.2, -0.15) is 0 Å². The van der Waals surface area contributed by atoms with Crippen LogP contribution in [-0.4, -0.2) is 24.2 Å². The summed E-state index contributed by atoms with van der Waals surface area (Å²) in [4.78, 5) is 4.22. The van der Waals surface area contributed by atoms with E-state index in [9.17, 15) is 4.39 Å². The van der Waals surface area contributed by atoms with E-state index in [1.807, 2.05) is 0 Å².